The first kappa shape index (κ1) is 13.3. The Bertz CT molecular complexity index is 552. The van der Waals surface area contributed by atoms with Gasteiger partial charge in [0.1, 0.15) is 0 Å². The molecule has 3 aliphatic carbocycles. The minimum Gasteiger partial charge on any atom is -0.395 e. The Hall–Kier alpha value is -1.35. The molecule has 3 atom stereocenters. The maximum absolute atomic E-state index is 12.9. The van der Waals surface area contributed by atoms with Crippen molar-refractivity contribution in [3.8, 4) is 0 Å². The van der Waals surface area contributed by atoms with Gasteiger partial charge >= 0.3 is 0 Å². The second-order valence-corrected chi connectivity index (χ2v) is 6.79. The van der Waals surface area contributed by atoms with E-state index in [1.807, 2.05) is 4.90 Å². The lowest BCUT2D eigenvalue weighted by molar-refractivity contribution is -0.137. The van der Waals surface area contributed by atoms with Crippen LogP contribution in [0.5, 0.6) is 0 Å². The Kier molecular flexibility index (Phi) is 3.26. The van der Waals surface area contributed by atoms with Crippen molar-refractivity contribution in [2.45, 2.75) is 44.1 Å². The molecular weight excluding hydrogens is 262 g/mol. The Morgan fingerprint density at radius 2 is 2.05 bits per heavy atom. The number of aryl methyl sites for hydroxylation is 1. The molecule has 3 nitrogen and oxygen atoms in total. The van der Waals surface area contributed by atoms with Crippen LogP contribution < -0.4 is 0 Å². The minimum absolute atomic E-state index is 0.0842. The van der Waals surface area contributed by atoms with E-state index in [0.717, 1.165) is 25.7 Å². The standard InChI is InChI=1S/C18H23NO2/c20-11-10-19(13-5-3-6-13)18(21)17-15-9-8-12-4-1-2-7-14(12)16(15)17/h1-2,4,7,13,15-17,20H,3,5-6,8-11H2. The zero-order valence-corrected chi connectivity index (χ0v) is 12.4. The lowest BCUT2D eigenvalue weighted by Crippen LogP contribution is -2.46. The Labute approximate surface area is 126 Å². The van der Waals surface area contributed by atoms with Crippen LogP contribution in [0.4, 0.5) is 0 Å². The van der Waals surface area contributed by atoms with E-state index in [2.05, 4.69) is 24.3 Å². The van der Waals surface area contributed by atoms with Gasteiger partial charge in [-0.05, 0) is 55.1 Å². The molecule has 2 saturated carbocycles. The van der Waals surface area contributed by atoms with Crippen molar-refractivity contribution in [3.63, 3.8) is 0 Å². The Morgan fingerprint density at radius 1 is 1.24 bits per heavy atom. The molecule has 112 valence electrons. The number of hydrogen-bond donors (Lipinski definition) is 1. The molecule has 1 amide bonds. The smallest absolute Gasteiger partial charge is 0.226 e. The van der Waals surface area contributed by atoms with Crippen LogP contribution in [0.15, 0.2) is 24.3 Å². The molecule has 0 spiro atoms. The fraction of sp³-hybridized carbons (Fsp3) is 0.611. The molecule has 0 aliphatic heterocycles. The van der Waals surface area contributed by atoms with E-state index in [1.54, 1.807) is 0 Å². The monoisotopic (exact) mass is 285 g/mol. The SMILES string of the molecule is O=C(C1C2CCc3ccccc3C21)N(CCO)C1CCC1. The van der Waals surface area contributed by atoms with Gasteiger partial charge in [0.2, 0.25) is 5.91 Å². The highest BCUT2D eigenvalue weighted by molar-refractivity contribution is 5.84. The molecule has 0 bridgehead atoms. The van der Waals surface area contributed by atoms with Crippen LogP contribution in [-0.2, 0) is 11.2 Å². The second-order valence-electron chi connectivity index (χ2n) is 6.79. The number of nitrogens with zero attached hydrogens (tertiary/aromatic N) is 1. The summed E-state index contributed by atoms with van der Waals surface area (Å²) in [5, 5.41) is 9.28. The molecule has 1 aromatic carbocycles. The highest BCUT2D eigenvalue weighted by Crippen LogP contribution is 2.60. The van der Waals surface area contributed by atoms with Crippen LogP contribution in [0.2, 0.25) is 0 Å². The predicted octanol–water partition coefficient (Wildman–Crippen LogP) is 2.34. The largest absolute Gasteiger partial charge is 0.395 e. The maximum Gasteiger partial charge on any atom is 0.226 e. The lowest BCUT2D eigenvalue weighted by atomic mass is 9.91. The number of carbonyl (C=O) groups excluding carboxylic acids is 1. The van der Waals surface area contributed by atoms with Crippen molar-refractivity contribution in [1.29, 1.82) is 0 Å². The van der Waals surface area contributed by atoms with Crippen molar-refractivity contribution in [3.05, 3.63) is 35.4 Å². The van der Waals surface area contributed by atoms with Gasteiger partial charge in [0.25, 0.3) is 0 Å². The zero-order chi connectivity index (χ0) is 14.4. The second kappa shape index (κ2) is 5.13. The van der Waals surface area contributed by atoms with Gasteiger partial charge in [0.15, 0.2) is 0 Å². The van der Waals surface area contributed by atoms with Crippen LogP contribution >= 0.6 is 0 Å². The topological polar surface area (TPSA) is 40.5 Å². The van der Waals surface area contributed by atoms with E-state index < -0.39 is 0 Å². The van der Waals surface area contributed by atoms with Gasteiger partial charge in [0, 0.05) is 18.5 Å². The Morgan fingerprint density at radius 3 is 2.76 bits per heavy atom. The predicted molar refractivity (Wildman–Crippen MR) is 80.9 cm³/mol. The first-order chi connectivity index (χ1) is 10.3. The highest BCUT2D eigenvalue weighted by atomic mass is 16.3. The summed E-state index contributed by atoms with van der Waals surface area (Å²) in [6.07, 6.45) is 5.72. The number of hydrogen-bond acceptors (Lipinski definition) is 2. The number of benzene rings is 1. The summed E-state index contributed by atoms with van der Waals surface area (Å²) in [5.41, 5.74) is 2.84. The van der Waals surface area contributed by atoms with E-state index in [-0.39, 0.29) is 12.5 Å². The molecule has 3 heteroatoms. The molecule has 0 heterocycles. The van der Waals surface area contributed by atoms with E-state index in [1.165, 1.54) is 17.5 Å². The fourth-order valence-corrected chi connectivity index (χ4v) is 4.37. The van der Waals surface area contributed by atoms with E-state index in [9.17, 15) is 9.90 Å². The van der Waals surface area contributed by atoms with Gasteiger partial charge in [-0.2, -0.15) is 0 Å². The average Bonchev–Trinajstić information content (AvgIpc) is 3.19. The fourth-order valence-electron chi connectivity index (χ4n) is 4.37. The molecule has 1 aromatic rings. The summed E-state index contributed by atoms with van der Waals surface area (Å²) in [6, 6.07) is 9.01. The third-order valence-corrected chi connectivity index (χ3v) is 5.75. The van der Waals surface area contributed by atoms with Gasteiger partial charge in [-0.3, -0.25) is 4.79 Å². The van der Waals surface area contributed by atoms with Gasteiger partial charge in [-0.25, -0.2) is 0 Å². The normalized spacial score (nSPS) is 30.0. The number of aliphatic hydroxyl groups excluding tert-OH is 1. The third kappa shape index (κ3) is 2.10. The molecule has 0 saturated heterocycles. The maximum atomic E-state index is 12.9. The first-order valence-electron chi connectivity index (χ1n) is 8.30. The van der Waals surface area contributed by atoms with Gasteiger partial charge in [-0.15, -0.1) is 0 Å². The lowest BCUT2D eigenvalue weighted by Gasteiger charge is -2.37. The van der Waals surface area contributed by atoms with Crippen LogP contribution in [0.3, 0.4) is 0 Å². The van der Waals surface area contributed by atoms with Gasteiger partial charge in [-0.1, -0.05) is 24.3 Å². The molecule has 3 aliphatic rings. The van der Waals surface area contributed by atoms with Crippen LogP contribution in [0.1, 0.15) is 42.7 Å². The van der Waals surface area contributed by atoms with Crippen molar-refractivity contribution in [1.82, 2.24) is 4.90 Å². The first-order valence-corrected chi connectivity index (χ1v) is 8.30. The van der Waals surface area contributed by atoms with Crippen LogP contribution in [0, 0.1) is 11.8 Å². The third-order valence-electron chi connectivity index (χ3n) is 5.75. The minimum atomic E-state index is 0.0842. The van der Waals surface area contributed by atoms with Gasteiger partial charge < -0.3 is 10.0 Å². The average molecular weight is 285 g/mol. The van der Waals surface area contributed by atoms with Crippen molar-refractivity contribution in [2.24, 2.45) is 11.8 Å². The summed E-state index contributed by atoms with van der Waals surface area (Å²) >= 11 is 0. The summed E-state index contributed by atoms with van der Waals surface area (Å²) < 4.78 is 0. The van der Waals surface area contributed by atoms with E-state index in [4.69, 9.17) is 0 Å². The van der Waals surface area contributed by atoms with Crippen molar-refractivity contribution in [2.75, 3.05) is 13.2 Å². The molecule has 4 rings (SSSR count). The molecule has 21 heavy (non-hydrogen) atoms. The molecule has 0 radical (unpaired) electrons. The number of rotatable bonds is 4. The summed E-state index contributed by atoms with van der Waals surface area (Å²) in [5.74, 6) is 1.48. The molecular formula is C18H23NO2. The molecule has 2 fully saturated rings. The van der Waals surface area contributed by atoms with E-state index >= 15 is 0 Å². The van der Waals surface area contributed by atoms with Crippen LogP contribution in [-0.4, -0.2) is 35.1 Å². The molecule has 1 N–H and O–H groups in total. The Balaban J connectivity index is 1.54. The summed E-state index contributed by atoms with van der Waals surface area (Å²) in [6.45, 7) is 0.599. The van der Waals surface area contributed by atoms with Gasteiger partial charge in [0.05, 0.1) is 6.61 Å². The summed E-state index contributed by atoms with van der Waals surface area (Å²) in [4.78, 5) is 14.9. The molecule has 0 aromatic heterocycles. The van der Waals surface area contributed by atoms with E-state index in [0.29, 0.717) is 30.3 Å². The van der Waals surface area contributed by atoms with Crippen LogP contribution in [0.25, 0.3) is 0 Å². The number of amides is 1. The summed E-state index contributed by atoms with van der Waals surface area (Å²) in [7, 11) is 0. The number of aliphatic hydroxyl groups is 1. The van der Waals surface area contributed by atoms with Crippen molar-refractivity contribution >= 4 is 5.91 Å². The highest BCUT2D eigenvalue weighted by Gasteiger charge is 2.58. The number of fused-ring (bicyclic) bond motifs is 3. The molecule has 3 unspecified atom stereocenters. The zero-order valence-electron chi connectivity index (χ0n) is 12.4. The van der Waals surface area contributed by atoms with Crippen molar-refractivity contribution < 1.29 is 9.90 Å². The number of carbonyl (C=O) groups is 1. The quantitative estimate of drug-likeness (QED) is 0.922.